The summed E-state index contributed by atoms with van der Waals surface area (Å²) in [7, 11) is -1.77. The van der Waals surface area contributed by atoms with Gasteiger partial charge in [-0.2, -0.15) is 5.26 Å². The number of hydrogen-bond donors (Lipinski definition) is 2. The number of benzene rings is 1. The zero-order valence-electron chi connectivity index (χ0n) is 9.15. The van der Waals surface area contributed by atoms with Crippen molar-refractivity contribution in [2.24, 2.45) is 0 Å². The van der Waals surface area contributed by atoms with Crippen LogP contribution >= 0.6 is 0 Å². The van der Waals surface area contributed by atoms with Crippen LogP contribution in [0.25, 0.3) is 0 Å². The Hall–Kier alpha value is -1.31. The highest BCUT2D eigenvalue weighted by molar-refractivity contribution is 6.59. The lowest BCUT2D eigenvalue weighted by Gasteiger charge is -2.02. The molecule has 0 bridgehead atoms. The third-order valence-electron chi connectivity index (χ3n) is 1.45. The lowest BCUT2D eigenvalue weighted by atomic mass is 9.77. The molecule has 0 aromatic heterocycles. The monoisotopic (exact) mass is 164 g/mol. The van der Waals surface area contributed by atoms with E-state index in [1.165, 1.54) is 12.1 Å². The van der Waals surface area contributed by atoms with Crippen molar-refractivity contribution in [1.82, 2.24) is 0 Å². The fourth-order valence-corrected chi connectivity index (χ4v) is 0.878. The Morgan fingerprint density at radius 3 is 2.83 bits per heavy atom. The predicted octanol–water partition coefficient (Wildman–Crippen LogP) is -0.454. The molecule has 1 rings (SSSR count). The van der Waals surface area contributed by atoms with Crippen LogP contribution in [-0.2, 0) is 0 Å². The van der Waals surface area contributed by atoms with Gasteiger partial charge >= 0.3 is 7.12 Å². The molecule has 1 aromatic rings. The number of nitriles is 1. The van der Waals surface area contributed by atoms with Crippen molar-refractivity contribution >= 4 is 12.6 Å². The van der Waals surface area contributed by atoms with Gasteiger partial charge < -0.3 is 10.0 Å². The van der Waals surface area contributed by atoms with Crippen molar-refractivity contribution in [2.75, 3.05) is 0 Å². The molecule has 2 N–H and O–H groups in total. The second-order valence-electron chi connectivity index (χ2n) is 2.29. The van der Waals surface area contributed by atoms with Crippen LogP contribution < -0.4 is 5.46 Å². The minimum atomic E-state index is -2.30. The van der Waals surface area contributed by atoms with Crippen molar-refractivity contribution < 1.29 is 14.2 Å². The van der Waals surface area contributed by atoms with Crippen LogP contribution in [0.4, 0.5) is 0 Å². The van der Waals surface area contributed by atoms with Gasteiger partial charge in [-0.25, -0.2) is 0 Å². The van der Waals surface area contributed by atoms with E-state index in [1.54, 1.807) is 6.07 Å². The zero-order valence-corrected chi connectivity index (χ0v) is 6.15. The Morgan fingerprint density at radius 1 is 1.58 bits per heavy atom. The van der Waals surface area contributed by atoms with Crippen molar-refractivity contribution in [1.29, 1.82) is 5.26 Å². The number of rotatable bonds is 1. The molecule has 0 aliphatic rings. The lowest BCUT2D eigenvalue weighted by Crippen LogP contribution is -2.32. The Kier molecular flexibility index (Phi) is 1.52. The van der Waals surface area contributed by atoms with Gasteiger partial charge in [-0.3, -0.25) is 0 Å². The van der Waals surface area contributed by atoms with Gasteiger partial charge in [0.1, 0.15) is 0 Å². The number of nitrogens with zero attached hydrogens (tertiary/aromatic N) is 1. The number of aryl methyl sites for hydroxylation is 1. The molecule has 0 saturated heterocycles. The van der Waals surface area contributed by atoms with Crippen LogP contribution in [0.5, 0.6) is 0 Å². The zero-order chi connectivity index (χ0) is 11.6. The first-order valence-electron chi connectivity index (χ1n) is 4.77. The molecule has 0 radical (unpaired) electrons. The van der Waals surface area contributed by atoms with Crippen molar-refractivity contribution in [3.63, 3.8) is 0 Å². The summed E-state index contributed by atoms with van der Waals surface area (Å²) in [5.41, 5.74) is -0.0347. The van der Waals surface area contributed by atoms with E-state index >= 15 is 0 Å². The summed E-state index contributed by atoms with van der Waals surface area (Å²) >= 11 is 0. The molecule has 0 spiro atoms. The van der Waals surface area contributed by atoms with Gasteiger partial charge in [0.05, 0.1) is 11.6 Å². The highest BCUT2D eigenvalue weighted by Gasteiger charge is 2.15. The standard InChI is InChI=1S/C8H8BNO2/c1-6-2-3-8(9(11)12)7(4-6)5-10/h2-4,11-12H,1H3/i1D3. The van der Waals surface area contributed by atoms with Crippen LogP contribution in [0.2, 0.25) is 0 Å². The molecule has 0 unspecified atom stereocenters. The first-order chi connectivity index (χ1) is 6.86. The van der Waals surface area contributed by atoms with E-state index in [1.807, 2.05) is 0 Å². The summed E-state index contributed by atoms with van der Waals surface area (Å²) in [6.45, 7) is -2.30. The average molecular weight is 164 g/mol. The van der Waals surface area contributed by atoms with E-state index in [0.717, 1.165) is 6.07 Å². The maximum atomic E-state index is 8.89. The molecule has 0 amide bonds. The van der Waals surface area contributed by atoms with Gasteiger partial charge in [0.15, 0.2) is 0 Å². The lowest BCUT2D eigenvalue weighted by molar-refractivity contribution is 0.425. The highest BCUT2D eigenvalue weighted by atomic mass is 16.4. The molecule has 0 saturated carbocycles. The van der Waals surface area contributed by atoms with Crippen molar-refractivity contribution in [2.45, 2.75) is 6.85 Å². The fraction of sp³-hybridized carbons (Fsp3) is 0.125. The molecule has 0 aliphatic heterocycles. The first kappa shape index (κ1) is 5.36. The third-order valence-corrected chi connectivity index (χ3v) is 1.45. The van der Waals surface area contributed by atoms with Crippen LogP contribution in [0.1, 0.15) is 15.2 Å². The SMILES string of the molecule is [2H]C([2H])([2H])c1ccc(B(O)O)c(C#N)c1. The average Bonchev–Trinajstić information content (AvgIpc) is 2.15. The molecule has 60 valence electrons. The van der Waals surface area contributed by atoms with E-state index in [4.69, 9.17) is 19.4 Å². The summed E-state index contributed by atoms with van der Waals surface area (Å²) in [5.74, 6) is 0. The highest BCUT2D eigenvalue weighted by Crippen LogP contribution is 2.00. The Balaban J connectivity index is 3.27. The van der Waals surface area contributed by atoms with E-state index in [2.05, 4.69) is 0 Å². The molecule has 0 fully saturated rings. The molecular weight excluding hydrogens is 153 g/mol. The Labute approximate surface area is 75.2 Å². The van der Waals surface area contributed by atoms with Gasteiger partial charge in [0.2, 0.25) is 0 Å². The molecule has 0 aliphatic carbocycles. The van der Waals surface area contributed by atoms with E-state index < -0.39 is 14.0 Å². The maximum Gasteiger partial charge on any atom is 0.489 e. The van der Waals surface area contributed by atoms with Gasteiger partial charge in [0, 0.05) is 4.11 Å². The number of hydrogen-bond acceptors (Lipinski definition) is 3. The van der Waals surface area contributed by atoms with Gasteiger partial charge in [-0.05, 0) is 23.9 Å². The van der Waals surface area contributed by atoms with E-state index in [0.29, 0.717) is 0 Å². The van der Waals surface area contributed by atoms with Crippen LogP contribution in [0, 0.1) is 18.2 Å². The molecular formula is C8H8BNO2. The van der Waals surface area contributed by atoms with E-state index in [9.17, 15) is 0 Å². The molecule has 0 atom stereocenters. The first-order valence-corrected chi connectivity index (χ1v) is 3.27. The normalized spacial score (nSPS) is 13.9. The molecule has 4 heteroatoms. The Bertz CT molecular complexity index is 411. The molecule has 0 heterocycles. The minimum Gasteiger partial charge on any atom is -0.423 e. The summed E-state index contributed by atoms with van der Waals surface area (Å²) < 4.78 is 21.4. The third kappa shape index (κ3) is 1.64. The molecule has 1 aromatic carbocycles. The topological polar surface area (TPSA) is 64.2 Å². The van der Waals surface area contributed by atoms with Crippen LogP contribution in [-0.4, -0.2) is 17.2 Å². The largest absolute Gasteiger partial charge is 0.489 e. The fourth-order valence-electron chi connectivity index (χ4n) is 0.878. The summed E-state index contributed by atoms with van der Waals surface area (Å²) in [6.07, 6.45) is 0. The van der Waals surface area contributed by atoms with Crippen LogP contribution in [0.3, 0.4) is 0 Å². The van der Waals surface area contributed by atoms with Gasteiger partial charge in [-0.15, -0.1) is 0 Å². The maximum absolute atomic E-state index is 8.89. The quantitative estimate of drug-likeness (QED) is 0.552. The van der Waals surface area contributed by atoms with E-state index in [-0.39, 0.29) is 16.6 Å². The van der Waals surface area contributed by atoms with Crippen LogP contribution in [0.15, 0.2) is 18.2 Å². The van der Waals surface area contributed by atoms with Crippen molar-refractivity contribution in [3.8, 4) is 6.07 Å². The minimum absolute atomic E-state index is 0.00319. The second-order valence-corrected chi connectivity index (χ2v) is 2.29. The molecule has 12 heavy (non-hydrogen) atoms. The molecule has 3 nitrogen and oxygen atoms in total. The Morgan fingerprint density at radius 2 is 2.33 bits per heavy atom. The van der Waals surface area contributed by atoms with Crippen molar-refractivity contribution in [3.05, 3.63) is 29.3 Å². The summed E-state index contributed by atoms with van der Waals surface area (Å²) in [5, 5.41) is 26.5. The summed E-state index contributed by atoms with van der Waals surface area (Å²) in [4.78, 5) is 0. The predicted molar refractivity (Wildman–Crippen MR) is 45.7 cm³/mol. The second kappa shape index (κ2) is 3.39. The summed E-state index contributed by atoms with van der Waals surface area (Å²) in [6, 6.07) is 5.34. The van der Waals surface area contributed by atoms with Gasteiger partial charge in [-0.1, -0.05) is 12.1 Å². The smallest absolute Gasteiger partial charge is 0.423 e. The van der Waals surface area contributed by atoms with Gasteiger partial charge in [0.25, 0.3) is 0 Å².